The monoisotopic (exact) mass is 323 g/mol. The molecule has 1 unspecified atom stereocenters. The molecule has 2 rings (SSSR count). The summed E-state index contributed by atoms with van der Waals surface area (Å²) in [7, 11) is -0.722. The second kappa shape index (κ2) is 7.65. The summed E-state index contributed by atoms with van der Waals surface area (Å²) in [6, 6.07) is 15.5. The molecule has 1 atom stereocenters. The Balaban J connectivity index is 2.25. The number of benzene rings is 2. The summed E-state index contributed by atoms with van der Waals surface area (Å²) in [5, 5.41) is 3.18. The maximum Gasteiger partial charge on any atom is 0.351 e. The van der Waals surface area contributed by atoms with Gasteiger partial charge in [0.2, 0.25) is 0 Å². The van der Waals surface area contributed by atoms with Crippen molar-refractivity contribution in [3.05, 3.63) is 71.5 Å². The van der Waals surface area contributed by atoms with Crippen molar-refractivity contribution in [2.45, 2.75) is 12.3 Å². The van der Waals surface area contributed by atoms with Crippen molar-refractivity contribution in [1.82, 2.24) is 5.32 Å². The van der Waals surface area contributed by atoms with Crippen molar-refractivity contribution in [3.8, 4) is 0 Å². The van der Waals surface area contributed by atoms with Crippen LogP contribution in [-0.2, 0) is 20.2 Å². The topological polar surface area (TPSA) is 47.6 Å². The minimum Gasteiger partial charge on any atom is -0.311 e. The van der Waals surface area contributed by atoms with Crippen LogP contribution in [0.1, 0.15) is 16.9 Å². The Morgan fingerprint density at radius 2 is 1.64 bits per heavy atom. The lowest BCUT2D eigenvalue weighted by Crippen LogP contribution is -2.22. The van der Waals surface area contributed by atoms with Crippen LogP contribution < -0.4 is 5.32 Å². The summed E-state index contributed by atoms with van der Waals surface area (Å²) in [4.78, 5) is 0. The summed E-state index contributed by atoms with van der Waals surface area (Å²) in [6.07, 6.45) is 0. The average molecular weight is 323 g/mol. The smallest absolute Gasteiger partial charge is 0.311 e. The molecule has 0 saturated heterocycles. The van der Waals surface area contributed by atoms with Gasteiger partial charge in [0.1, 0.15) is 11.6 Å². The molecule has 0 bridgehead atoms. The van der Waals surface area contributed by atoms with E-state index in [1.807, 2.05) is 30.3 Å². The Kier molecular flexibility index (Phi) is 5.86. The maximum absolute atomic E-state index is 13.1. The van der Waals surface area contributed by atoms with E-state index in [1.54, 1.807) is 12.1 Å². The van der Waals surface area contributed by atoms with E-state index in [-0.39, 0.29) is 5.82 Å². The van der Waals surface area contributed by atoms with Crippen molar-refractivity contribution in [3.63, 3.8) is 0 Å². The summed E-state index contributed by atoms with van der Waals surface area (Å²) < 4.78 is 36.1. The molecule has 4 nitrogen and oxygen atoms in total. The lowest BCUT2D eigenvalue weighted by Gasteiger charge is -2.25. The number of rotatable bonds is 7. The van der Waals surface area contributed by atoms with E-state index < -0.39 is 13.4 Å². The van der Waals surface area contributed by atoms with Crippen molar-refractivity contribution >= 4 is 7.60 Å². The van der Waals surface area contributed by atoms with Crippen LogP contribution in [0, 0.1) is 5.82 Å². The van der Waals surface area contributed by atoms with E-state index in [1.165, 1.54) is 26.4 Å². The predicted octanol–water partition coefficient (Wildman–Crippen LogP) is 4.10. The first-order valence-electron chi connectivity index (χ1n) is 6.83. The van der Waals surface area contributed by atoms with Gasteiger partial charge >= 0.3 is 7.60 Å². The second-order valence-electron chi connectivity index (χ2n) is 4.73. The van der Waals surface area contributed by atoms with Gasteiger partial charge in [-0.2, -0.15) is 0 Å². The largest absolute Gasteiger partial charge is 0.351 e. The fourth-order valence-corrected chi connectivity index (χ4v) is 3.58. The van der Waals surface area contributed by atoms with E-state index in [0.717, 1.165) is 5.56 Å². The fourth-order valence-electron chi connectivity index (χ4n) is 2.15. The molecule has 0 aliphatic heterocycles. The fraction of sp³-hybridized carbons (Fsp3) is 0.250. The quantitative estimate of drug-likeness (QED) is 0.779. The second-order valence-corrected chi connectivity index (χ2v) is 7.05. The molecule has 0 heterocycles. The number of nitrogens with one attached hydrogen (secondary N) is 1. The van der Waals surface area contributed by atoms with E-state index in [2.05, 4.69) is 5.32 Å². The van der Waals surface area contributed by atoms with E-state index in [4.69, 9.17) is 9.05 Å². The highest BCUT2D eigenvalue weighted by molar-refractivity contribution is 7.54. The zero-order valence-electron chi connectivity index (χ0n) is 12.5. The van der Waals surface area contributed by atoms with Crippen LogP contribution >= 0.6 is 7.60 Å². The zero-order chi connectivity index (χ0) is 16.0. The molecule has 118 valence electrons. The summed E-state index contributed by atoms with van der Waals surface area (Å²) in [5.74, 6) is -1.03. The Morgan fingerprint density at radius 3 is 2.18 bits per heavy atom. The summed E-state index contributed by atoms with van der Waals surface area (Å²) in [5.41, 5.74) is 1.68. The van der Waals surface area contributed by atoms with E-state index >= 15 is 0 Å². The molecular weight excluding hydrogens is 304 g/mol. The molecule has 0 amide bonds. The van der Waals surface area contributed by atoms with Crippen molar-refractivity contribution in [2.24, 2.45) is 0 Å². The highest BCUT2D eigenvalue weighted by atomic mass is 31.2. The van der Waals surface area contributed by atoms with Crippen molar-refractivity contribution in [2.75, 3.05) is 14.2 Å². The Morgan fingerprint density at radius 1 is 1.05 bits per heavy atom. The van der Waals surface area contributed by atoms with Gasteiger partial charge in [0.05, 0.1) is 0 Å². The number of hydrogen-bond donors (Lipinski definition) is 1. The minimum absolute atomic E-state index is 0.352. The molecule has 22 heavy (non-hydrogen) atoms. The molecule has 1 N–H and O–H groups in total. The lowest BCUT2D eigenvalue weighted by atomic mass is 10.2. The first kappa shape index (κ1) is 16.8. The van der Waals surface area contributed by atoms with Crippen LogP contribution in [0.15, 0.2) is 54.6 Å². The molecule has 0 saturated carbocycles. The highest BCUT2D eigenvalue weighted by Crippen LogP contribution is 2.58. The number of hydrogen-bond acceptors (Lipinski definition) is 4. The first-order chi connectivity index (χ1) is 10.6. The molecule has 2 aromatic rings. The molecule has 0 spiro atoms. The van der Waals surface area contributed by atoms with E-state index in [9.17, 15) is 8.96 Å². The Bertz CT molecular complexity index is 626. The average Bonchev–Trinajstić information content (AvgIpc) is 2.57. The summed E-state index contributed by atoms with van der Waals surface area (Å²) in [6.45, 7) is 0.486. The Hall–Kier alpha value is -1.52. The van der Waals surface area contributed by atoms with Crippen LogP contribution in [0.2, 0.25) is 0 Å². The standard InChI is InChI=1S/C16H19FNO3P/c1-20-22(19,21-2)16(14-8-10-15(17)11-9-14)18-12-13-6-4-3-5-7-13/h3-11,16,18H,12H2,1-2H3. The molecule has 0 radical (unpaired) electrons. The molecular formula is C16H19FNO3P. The molecule has 6 heteroatoms. The van der Waals surface area contributed by atoms with Gasteiger partial charge in [-0.25, -0.2) is 4.39 Å². The maximum atomic E-state index is 13.1. The van der Waals surface area contributed by atoms with Gasteiger partial charge in [-0.1, -0.05) is 42.5 Å². The molecule has 0 aliphatic carbocycles. The third kappa shape index (κ3) is 4.02. The van der Waals surface area contributed by atoms with Crippen LogP contribution in [0.4, 0.5) is 4.39 Å². The van der Waals surface area contributed by atoms with Gasteiger partial charge in [-0.15, -0.1) is 0 Å². The van der Waals surface area contributed by atoms with Gasteiger partial charge in [-0.3, -0.25) is 9.88 Å². The summed E-state index contributed by atoms with van der Waals surface area (Å²) >= 11 is 0. The third-order valence-corrected chi connectivity index (χ3v) is 5.48. The predicted molar refractivity (Wildman–Crippen MR) is 84.0 cm³/mol. The van der Waals surface area contributed by atoms with Crippen LogP contribution in [0.3, 0.4) is 0 Å². The molecule has 0 aliphatic rings. The molecule has 0 aromatic heterocycles. The van der Waals surface area contributed by atoms with Crippen LogP contribution in [0.5, 0.6) is 0 Å². The van der Waals surface area contributed by atoms with Gasteiger partial charge in [0.15, 0.2) is 0 Å². The SMILES string of the molecule is COP(=O)(OC)C(NCc1ccccc1)c1ccc(F)cc1. The van der Waals surface area contributed by atoms with Crippen molar-refractivity contribution < 1.29 is 18.0 Å². The minimum atomic E-state index is -3.40. The normalized spacial score (nSPS) is 13.0. The number of halogens is 1. The van der Waals surface area contributed by atoms with Gasteiger partial charge < -0.3 is 9.05 Å². The van der Waals surface area contributed by atoms with Crippen LogP contribution in [0.25, 0.3) is 0 Å². The van der Waals surface area contributed by atoms with Gasteiger partial charge in [0.25, 0.3) is 0 Å². The molecule has 2 aromatic carbocycles. The third-order valence-electron chi connectivity index (χ3n) is 3.35. The lowest BCUT2D eigenvalue weighted by molar-refractivity contribution is 0.259. The zero-order valence-corrected chi connectivity index (χ0v) is 13.4. The van der Waals surface area contributed by atoms with E-state index in [0.29, 0.717) is 12.1 Å². The highest BCUT2D eigenvalue weighted by Gasteiger charge is 2.35. The van der Waals surface area contributed by atoms with Crippen molar-refractivity contribution in [1.29, 1.82) is 0 Å². The molecule has 0 fully saturated rings. The first-order valence-corrected chi connectivity index (χ1v) is 8.44. The van der Waals surface area contributed by atoms with Gasteiger partial charge in [0, 0.05) is 20.8 Å². The Labute approximate surface area is 129 Å². The van der Waals surface area contributed by atoms with Gasteiger partial charge in [-0.05, 0) is 23.3 Å². The van der Waals surface area contributed by atoms with Crippen LogP contribution in [-0.4, -0.2) is 14.2 Å².